The maximum atomic E-state index is 11.5. The van der Waals surface area contributed by atoms with Crippen molar-refractivity contribution in [3.63, 3.8) is 0 Å². The van der Waals surface area contributed by atoms with Gasteiger partial charge in [-0.1, -0.05) is 0 Å². The van der Waals surface area contributed by atoms with E-state index < -0.39 is 0 Å². The molecule has 1 aliphatic rings. The fourth-order valence-corrected chi connectivity index (χ4v) is 1.56. The highest BCUT2D eigenvalue weighted by Crippen LogP contribution is 2.13. The Hall–Kier alpha value is -0.810. The lowest BCUT2D eigenvalue weighted by Crippen LogP contribution is -2.48. The summed E-state index contributed by atoms with van der Waals surface area (Å²) in [6, 6.07) is 3.36. The molecule has 1 aromatic heterocycles. The molecule has 0 radical (unpaired) electrons. The minimum Gasteiger partial charge on any atom is -0.444 e. The molecule has 2 heterocycles. The van der Waals surface area contributed by atoms with E-state index in [1.807, 2.05) is 0 Å². The van der Waals surface area contributed by atoms with Crippen LogP contribution in [0.25, 0.3) is 0 Å². The number of carbonyl (C=O) groups is 1. The van der Waals surface area contributed by atoms with Crippen LogP contribution in [0.5, 0.6) is 0 Å². The van der Waals surface area contributed by atoms with Gasteiger partial charge in [0, 0.05) is 25.6 Å². The zero-order valence-corrected chi connectivity index (χ0v) is 9.13. The van der Waals surface area contributed by atoms with Crippen LogP contribution in [-0.4, -0.2) is 25.5 Å². The normalized spacial score (nSPS) is 16.4. The van der Waals surface area contributed by atoms with Crippen molar-refractivity contribution >= 4 is 21.8 Å². The van der Waals surface area contributed by atoms with Gasteiger partial charge in [-0.25, -0.2) is 0 Å². The van der Waals surface area contributed by atoms with E-state index in [2.05, 4.69) is 26.6 Å². The number of hydrogen-bond donors (Lipinski definition) is 2. The van der Waals surface area contributed by atoms with Crippen LogP contribution in [0, 0.1) is 5.92 Å². The number of hydrogen-bond acceptors (Lipinski definition) is 3. The Morgan fingerprint density at radius 2 is 2.43 bits per heavy atom. The van der Waals surface area contributed by atoms with Crippen molar-refractivity contribution in [1.29, 1.82) is 0 Å². The van der Waals surface area contributed by atoms with E-state index in [0.717, 1.165) is 13.1 Å². The smallest absolute Gasteiger partial charge is 0.287 e. The van der Waals surface area contributed by atoms with Gasteiger partial charge < -0.3 is 15.1 Å². The van der Waals surface area contributed by atoms with E-state index in [4.69, 9.17) is 4.42 Å². The molecule has 2 rings (SSSR count). The van der Waals surface area contributed by atoms with E-state index in [0.29, 0.717) is 22.9 Å². The van der Waals surface area contributed by atoms with Crippen LogP contribution in [-0.2, 0) is 0 Å². The van der Waals surface area contributed by atoms with Crippen LogP contribution >= 0.6 is 15.9 Å². The van der Waals surface area contributed by atoms with Crippen molar-refractivity contribution in [2.75, 3.05) is 19.6 Å². The molecule has 0 saturated carbocycles. The third kappa shape index (κ3) is 2.16. The third-order valence-electron chi connectivity index (χ3n) is 2.21. The maximum absolute atomic E-state index is 11.5. The Balaban J connectivity index is 1.82. The minimum atomic E-state index is -0.150. The number of rotatable bonds is 3. The lowest BCUT2D eigenvalue weighted by molar-refractivity contribution is 0.0913. The van der Waals surface area contributed by atoms with Gasteiger partial charge in [-0.2, -0.15) is 0 Å². The molecular formula is C9H11BrN2O2. The zero-order valence-electron chi connectivity index (χ0n) is 7.55. The van der Waals surface area contributed by atoms with E-state index in [9.17, 15) is 4.79 Å². The molecule has 1 saturated heterocycles. The lowest BCUT2D eigenvalue weighted by Gasteiger charge is -2.26. The predicted octanol–water partition coefficient (Wildman–Crippen LogP) is 0.991. The van der Waals surface area contributed by atoms with Gasteiger partial charge in [-0.15, -0.1) is 0 Å². The lowest BCUT2D eigenvalue weighted by atomic mass is 10.0. The molecule has 0 atom stereocenters. The second-order valence-corrected chi connectivity index (χ2v) is 4.12. The molecule has 1 aromatic rings. The Morgan fingerprint density at radius 1 is 1.64 bits per heavy atom. The zero-order chi connectivity index (χ0) is 9.97. The van der Waals surface area contributed by atoms with Crippen LogP contribution < -0.4 is 10.6 Å². The van der Waals surface area contributed by atoms with Crippen molar-refractivity contribution in [2.24, 2.45) is 5.92 Å². The topological polar surface area (TPSA) is 54.3 Å². The molecule has 0 bridgehead atoms. The van der Waals surface area contributed by atoms with E-state index in [-0.39, 0.29) is 5.91 Å². The molecule has 0 spiro atoms. The molecule has 2 N–H and O–H groups in total. The molecule has 4 nitrogen and oxygen atoms in total. The third-order valence-corrected chi connectivity index (χ3v) is 2.64. The monoisotopic (exact) mass is 258 g/mol. The SMILES string of the molecule is O=C(NCC1CNC1)c1ccc(Br)o1. The molecule has 0 aromatic carbocycles. The average Bonchev–Trinajstić information content (AvgIpc) is 2.49. The largest absolute Gasteiger partial charge is 0.444 e. The second-order valence-electron chi connectivity index (χ2n) is 3.34. The first-order chi connectivity index (χ1) is 6.75. The first-order valence-corrected chi connectivity index (χ1v) is 5.29. The summed E-state index contributed by atoms with van der Waals surface area (Å²) in [5.74, 6) is 0.768. The predicted molar refractivity (Wildman–Crippen MR) is 55.1 cm³/mol. The molecule has 1 fully saturated rings. The molecule has 14 heavy (non-hydrogen) atoms. The number of carbonyl (C=O) groups excluding carboxylic acids is 1. The molecule has 76 valence electrons. The molecule has 0 aliphatic carbocycles. The summed E-state index contributed by atoms with van der Waals surface area (Å²) >= 11 is 3.15. The molecule has 1 amide bonds. The molecular weight excluding hydrogens is 248 g/mol. The average molecular weight is 259 g/mol. The minimum absolute atomic E-state index is 0.150. The van der Waals surface area contributed by atoms with Gasteiger partial charge in [-0.3, -0.25) is 4.79 Å². The Bertz CT molecular complexity index is 333. The summed E-state index contributed by atoms with van der Waals surface area (Å²) in [6.07, 6.45) is 0. The highest BCUT2D eigenvalue weighted by Gasteiger charge is 2.18. The van der Waals surface area contributed by atoms with E-state index >= 15 is 0 Å². The standard InChI is InChI=1S/C9H11BrN2O2/c10-8-2-1-7(14-8)9(13)12-5-6-3-11-4-6/h1-2,6,11H,3-5H2,(H,12,13). The Morgan fingerprint density at radius 3 is 2.93 bits per heavy atom. The van der Waals surface area contributed by atoms with Gasteiger partial charge in [0.05, 0.1) is 0 Å². The first kappa shape index (κ1) is 9.73. The Kier molecular flexibility index (Phi) is 2.88. The van der Waals surface area contributed by atoms with Gasteiger partial charge in [-0.05, 0) is 28.1 Å². The van der Waals surface area contributed by atoms with E-state index in [1.54, 1.807) is 12.1 Å². The summed E-state index contributed by atoms with van der Waals surface area (Å²) in [4.78, 5) is 11.5. The Labute approximate surface area is 90.2 Å². The van der Waals surface area contributed by atoms with Gasteiger partial charge in [0.1, 0.15) is 0 Å². The van der Waals surface area contributed by atoms with Crippen LogP contribution in [0.3, 0.4) is 0 Å². The summed E-state index contributed by atoms with van der Waals surface area (Å²) in [6.45, 7) is 2.69. The summed E-state index contributed by atoms with van der Waals surface area (Å²) in [7, 11) is 0. The van der Waals surface area contributed by atoms with Crippen molar-refractivity contribution in [3.05, 3.63) is 22.6 Å². The van der Waals surface area contributed by atoms with Gasteiger partial charge >= 0.3 is 0 Å². The summed E-state index contributed by atoms with van der Waals surface area (Å²) < 4.78 is 5.70. The number of nitrogens with one attached hydrogen (secondary N) is 2. The van der Waals surface area contributed by atoms with Crippen LogP contribution in [0.2, 0.25) is 0 Å². The van der Waals surface area contributed by atoms with Crippen molar-refractivity contribution < 1.29 is 9.21 Å². The van der Waals surface area contributed by atoms with Crippen LogP contribution in [0.1, 0.15) is 10.6 Å². The fourth-order valence-electron chi connectivity index (χ4n) is 1.25. The summed E-state index contributed by atoms with van der Waals surface area (Å²) in [5.41, 5.74) is 0. The number of halogens is 1. The van der Waals surface area contributed by atoms with Crippen molar-refractivity contribution in [1.82, 2.24) is 10.6 Å². The van der Waals surface area contributed by atoms with Crippen molar-refractivity contribution in [3.8, 4) is 0 Å². The highest BCUT2D eigenvalue weighted by molar-refractivity contribution is 9.10. The number of furan rings is 1. The quantitative estimate of drug-likeness (QED) is 0.851. The second kappa shape index (κ2) is 4.14. The first-order valence-electron chi connectivity index (χ1n) is 4.50. The highest BCUT2D eigenvalue weighted by atomic mass is 79.9. The molecule has 1 aliphatic heterocycles. The maximum Gasteiger partial charge on any atom is 0.287 e. The van der Waals surface area contributed by atoms with Crippen LogP contribution in [0.15, 0.2) is 21.2 Å². The van der Waals surface area contributed by atoms with Crippen LogP contribution in [0.4, 0.5) is 0 Å². The van der Waals surface area contributed by atoms with Gasteiger partial charge in [0.25, 0.3) is 5.91 Å². The molecule has 5 heteroatoms. The van der Waals surface area contributed by atoms with Crippen molar-refractivity contribution in [2.45, 2.75) is 0 Å². The van der Waals surface area contributed by atoms with E-state index in [1.165, 1.54) is 0 Å². The van der Waals surface area contributed by atoms with Gasteiger partial charge in [0.15, 0.2) is 10.4 Å². The van der Waals surface area contributed by atoms with Gasteiger partial charge in [0.2, 0.25) is 0 Å². The number of amides is 1. The molecule has 0 unspecified atom stereocenters. The summed E-state index contributed by atoms with van der Waals surface area (Å²) in [5, 5.41) is 5.97. The fraction of sp³-hybridized carbons (Fsp3) is 0.444.